The molecular formula is C6H4FNO3S. The van der Waals surface area contributed by atoms with Gasteiger partial charge in [-0.1, -0.05) is 11.3 Å². The minimum Gasteiger partial charge on any atom is -0.291 e. The molecule has 1 aromatic rings. The van der Waals surface area contributed by atoms with Gasteiger partial charge in [-0.05, 0) is 11.4 Å². The van der Waals surface area contributed by atoms with E-state index in [1.807, 2.05) is 0 Å². The summed E-state index contributed by atoms with van der Waals surface area (Å²) in [6, 6.07) is 1.25. The number of thiophene rings is 1. The molecular weight excluding hydrogens is 185 g/mol. The Hall–Kier alpha value is -1.30. The lowest BCUT2D eigenvalue weighted by Gasteiger charge is -1.89. The fourth-order valence-corrected chi connectivity index (χ4v) is 1.45. The van der Waals surface area contributed by atoms with Crippen molar-refractivity contribution < 1.29 is 14.1 Å². The van der Waals surface area contributed by atoms with E-state index in [-0.39, 0.29) is 10.6 Å². The second-order valence-electron chi connectivity index (χ2n) is 1.95. The Bertz CT molecular complexity index is 322. The normalized spacial score (nSPS) is 9.75. The van der Waals surface area contributed by atoms with E-state index in [0.29, 0.717) is 0 Å². The number of hydrogen-bond acceptors (Lipinski definition) is 4. The number of Topliss-reactive ketones (excluding diaryl/α,β-unsaturated/α-hetero) is 1. The molecule has 1 heterocycles. The van der Waals surface area contributed by atoms with Crippen LogP contribution in [0, 0.1) is 10.1 Å². The summed E-state index contributed by atoms with van der Waals surface area (Å²) in [4.78, 5) is 20.3. The van der Waals surface area contributed by atoms with Gasteiger partial charge in [0.1, 0.15) is 5.56 Å². The highest BCUT2D eigenvalue weighted by Gasteiger charge is 2.20. The molecule has 0 saturated heterocycles. The van der Waals surface area contributed by atoms with Gasteiger partial charge in [0.2, 0.25) is 5.78 Å². The number of alkyl halides is 1. The summed E-state index contributed by atoms with van der Waals surface area (Å²) >= 11 is 0.815. The number of halogens is 1. The van der Waals surface area contributed by atoms with E-state index in [2.05, 4.69) is 0 Å². The smallest absolute Gasteiger partial charge is 0.291 e. The Kier molecular flexibility index (Phi) is 2.49. The van der Waals surface area contributed by atoms with Crippen molar-refractivity contribution in [3.05, 3.63) is 27.1 Å². The first-order valence-corrected chi connectivity index (χ1v) is 3.86. The molecule has 0 aliphatic carbocycles. The van der Waals surface area contributed by atoms with E-state index in [4.69, 9.17) is 0 Å². The lowest BCUT2D eigenvalue weighted by Crippen LogP contribution is -2.02. The Morgan fingerprint density at radius 1 is 1.75 bits per heavy atom. The summed E-state index contributed by atoms with van der Waals surface area (Å²) in [5.41, 5.74) is -0.146. The SMILES string of the molecule is O=C(CF)c1ccsc1[N+](=O)[O-]. The van der Waals surface area contributed by atoms with Crippen molar-refractivity contribution in [2.75, 3.05) is 6.67 Å². The van der Waals surface area contributed by atoms with E-state index >= 15 is 0 Å². The number of nitrogens with zero attached hydrogens (tertiary/aromatic N) is 1. The molecule has 4 nitrogen and oxygen atoms in total. The number of ketones is 1. The fraction of sp³-hybridized carbons (Fsp3) is 0.167. The van der Waals surface area contributed by atoms with Crippen LogP contribution in [0.25, 0.3) is 0 Å². The molecule has 0 spiro atoms. The first kappa shape index (κ1) is 8.79. The van der Waals surface area contributed by atoms with Crippen LogP contribution in [-0.2, 0) is 0 Å². The molecule has 0 fully saturated rings. The van der Waals surface area contributed by atoms with Gasteiger partial charge in [-0.15, -0.1) is 0 Å². The van der Waals surface area contributed by atoms with Crippen molar-refractivity contribution in [3.63, 3.8) is 0 Å². The zero-order valence-corrected chi connectivity index (χ0v) is 6.64. The fourth-order valence-electron chi connectivity index (χ4n) is 0.727. The second kappa shape index (κ2) is 3.40. The Balaban J connectivity index is 3.07. The van der Waals surface area contributed by atoms with Gasteiger partial charge in [0, 0.05) is 0 Å². The number of carbonyl (C=O) groups excluding carboxylic acids is 1. The van der Waals surface area contributed by atoms with Crippen LogP contribution in [0.15, 0.2) is 11.4 Å². The van der Waals surface area contributed by atoms with Crippen LogP contribution in [0.4, 0.5) is 9.39 Å². The van der Waals surface area contributed by atoms with Crippen LogP contribution in [0.2, 0.25) is 0 Å². The van der Waals surface area contributed by atoms with Gasteiger partial charge in [-0.3, -0.25) is 14.9 Å². The third kappa shape index (κ3) is 1.48. The largest absolute Gasteiger partial charge is 0.334 e. The summed E-state index contributed by atoms with van der Waals surface area (Å²) in [6.07, 6.45) is 0. The lowest BCUT2D eigenvalue weighted by molar-refractivity contribution is -0.380. The van der Waals surface area contributed by atoms with Crippen LogP contribution >= 0.6 is 11.3 Å². The third-order valence-corrected chi connectivity index (χ3v) is 2.10. The summed E-state index contributed by atoms with van der Waals surface area (Å²) < 4.78 is 11.8. The summed E-state index contributed by atoms with van der Waals surface area (Å²) in [5, 5.41) is 11.3. The Morgan fingerprint density at radius 3 is 2.92 bits per heavy atom. The predicted octanol–water partition coefficient (Wildman–Crippen LogP) is 1.81. The minimum absolute atomic E-state index is 0.146. The number of carbonyl (C=O) groups is 1. The van der Waals surface area contributed by atoms with E-state index < -0.39 is 17.4 Å². The van der Waals surface area contributed by atoms with Gasteiger partial charge in [0.05, 0.1) is 4.92 Å². The Labute approximate surface area is 70.8 Å². The number of rotatable bonds is 3. The molecule has 0 atom stereocenters. The van der Waals surface area contributed by atoms with Crippen LogP contribution < -0.4 is 0 Å². The first-order chi connectivity index (χ1) is 5.66. The highest BCUT2D eigenvalue weighted by Crippen LogP contribution is 2.25. The average molecular weight is 189 g/mol. The molecule has 0 aromatic carbocycles. The van der Waals surface area contributed by atoms with E-state index in [0.717, 1.165) is 11.3 Å². The van der Waals surface area contributed by atoms with Crippen LogP contribution in [0.1, 0.15) is 10.4 Å². The van der Waals surface area contributed by atoms with E-state index in [9.17, 15) is 19.3 Å². The number of nitro groups is 1. The molecule has 0 saturated carbocycles. The molecule has 0 unspecified atom stereocenters. The third-order valence-electron chi connectivity index (χ3n) is 1.23. The molecule has 0 amide bonds. The first-order valence-electron chi connectivity index (χ1n) is 2.98. The standard InChI is InChI=1S/C6H4FNO3S/c7-3-5(9)4-1-2-12-6(4)8(10)11/h1-2H,3H2. The topological polar surface area (TPSA) is 60.2 Å². The zero-order valence-electron chi connectivity index (χ0n) is 5.82. The molecule has 64 valence electrons. The van der Waals surface area contributed by atoms with E-state index in [1.54, 1.807) is 0 Å². The summed E-state index contributed by atoms with van der Waals surface area (Å²) in [6.45, 7) is -1.20. The van der Waals surface area contributed by atoms with Crippen molar-refractivity contribution in [2.45, 2.75) is 0 Å². The highest BCUT2D eigenvalue weighted by molar-refractivity contribution is 7.13. The van der Waals surface area contributed by atoms with Crippen LogP contribution in [0.5, 0.6) is 0 Å². The molecule has 0 N–H and O–H groups in total. The van der Waals surface area contributed by atoms with Gasteiger partial charge < -0.3 is 0 Å². The molecule has 0 aliphatic rings. The molecule has 12 heavy (non-hydrogen) atoms. The zero-order chi connectivity index (χ0) is 9.14. The molecule has 0 bridgehead atoms. The van der Waals surface area contributed by atoms with Gasteiger partial charge >= 0.3 is 5.00 Å². The Morgan fingerprint density at radius 2 is 2.42 bits per heavy atom. The van der Waals surface area contributed by atoms with Crippen molar-refractivity contribution in [2.24, 2.45) is 0 Å². The quantitative estimate of drug-likeness (QED) is 0.414. The maximum absolute atomic E-state index is 11.8. The number of hydrogen-bond donors (Lipinski definition) is 0. The molecule has 6 heteroatoms. The maximum atomic E-state index is 11.8. The highest BCUT2D eigenvalue weighted by atomic mass is 32.1. The van der Waals surface area contributed by atoms with Crippen molar-refractivity contribution >= 4 is 22.1 Å². The van der Waals surface area contributed by atoms with Gasteiger partial charge in [0.25, 0.3) is 0 Å². The molecule has 1 aromatic heterocycles. The van der Waals surface area contributed by atoms with Crippen LogP contribution in [0.3, 0.4) is 0 Å². The van der Waals surface area contributed by atoms with Gasteiger partial charge in [-0.2, -0.15) is 0 Å². The lowest BCUT2D eigenvalue weighted by atomic mass is 10.2. The molecule has 0 aliphatic heterocycles. The summed E-state index contributed by atoms with van der Waals surface area (Å²) in [5.74, 6) is -0.844. The molecule has 1 rings (SSSR count). The molecule has 0 radical (unpaired) electrons. The van der Waals surface area contributed by atoms with Crippen molar-refractivity contribution in [1.29, 1.82) is 0 Å². The predicted molar refractivity (Wildman–Crippen MR) is 41.3 cm³/mol. The van der Waals surface area contributed by atoms with Gasteiger partial charge in [0.15, 0.2) is 6.67 Å². The van der Waals surface area contributed by atoms with Crippen LogP contribution in [-0.4, -0.2) is 17.4 Å². The monoisotopic (exact) mass is 189 g/mol. The minimum atomic E-state index is -1.20. The maximum Gasteiger partial charge on any atom is 0.334 e. The van der Waals surface area contributed by atoms with Crippen molar-refractivity contribution in [1.82, 2.24) is 0 Å². The van der Waals surface area contributed by atoms with E-state index in [1.165, 1.54) is 11.4 Å². The van der Waals surface area contributed by atoms with Crippen molar-refractivity contribution in [3.8, 4) is 0 Å². The average Bonchev–Trinajstić information content (AvgIpc) is 2.50. The summed E-state index contributed by atoms with van der Waals surface area (Å²) in [7, 11) is 0. The van der Waals surface area contributed by atoms with Gasteiger partial charge in [-0.25, -0.2) is 4.39 Å². The second-order valence-corrected chi connectivity index (χ2v) is 2.85.